The van der Waals surface area contributed by atoms with Gasteiger partial charge in [-0.05, 0) is 35.9 Å². The summed E-state index contributed by atoms with van der Waals surface area (Å²) in [5, 5.41) is 0. The molecule has 0 spiro atoms. The van der Waals surface area contributed by atoms with E-state index in [9.17, 15) is 8.42 Å². The molecule has 0 aliphatic heterocycles. The maximum absolute atomic E-state index is 11.4. The first-order valence-electron chi connectivity index (χ1n) is 5.61. The number of nitrogens with two attached hydrogens (primary N) is 1. The summed E-state index contributed by atoms with van der Waals surface area (Å²) in [6.07, 6.45) is 4.67. The predicted molar refractivity (Wildman–Crippen MR) is 75.8 cm³/mol. The number of sulfone groups is 1. The molecule has 1 aromatic carbocycles. The van der Waals surface area contributed by atoms with Gasteiger partial charge in [0.2, 0.25) is 0 Å². The lowest BCUT2D eigenvalue weighted by Crippen LogP contribution is -1.98. The first-order chi connectivity index (χ1) is 9.00. The van der Waals surface area contributed by atoms with Crippen LogP contribution in [0.25, 0.3) is 0 Å². The molecule has 4 nitrogen and oxygen atoms in total. The summed E-state index contributed by atoms with van der Waals surface area (Å²) >= 11 is 1.52. The molecule has 0 radical (unpaired) electrons. The molecule has 19 heavy (non-hydrogen) atoms. The Bertz CT molecular complexity index is 667. The molecule has 2 aromatic rings. The third-order valence-electron chi connectivity index (χ3n) is 2.57. The van der Waals surface area contributed by atoms with Crippen molar-refractivity contribution in [2.75, 3.05) is 6.26 Å². The standard InChI is InChI=1S/C13H14N2O2S2/c1-19(16,17)12-4-2-11(3-5-12)18-13-9-15-7-6-10(13)8-14/h2-7,9H,8,14H2,1H3. The van der Waals surface area contributed by atoms with Crippen LogP contribution in [0.5, 0.6) is 0 Å². The van der Waals surface area contributed by atoms with Crippen LogP contribution in [0.4, 0.5) is 0 Å². The molecule has 0 fully saturated rings. The highest BCUT2D eigenvalue weighted by Gasteiger charge is 2.07. The van der Waals surface area contributed by atoms with E-state index in [-0.39, 0.29) is 0 Å². The second kappa shape index (κ2) is 5.73. The van der Waals surface area contributed by atoms with Gasteiger partial charge in [0.25, 0.3) is 0 Å². The summed E-state index contributed by atoms with van der Waals surface area (Å²) in [5.41, 5.74) is 6.69. The number of rotatable bonds is 4. The summed E-state index contributed by atoms with van der Waals surface area (Å²) in [4.78, 5) is 6.33. The molecular weight excluding hydrogens is 280 g/mol. The lowest BCUT2D eigenvalue weighted by Gasteiger charge is -2.06. The Morgan fingerprint density at radius 1 is 1.21 bits per heavy atom. The van der Waals surface area contributed by atoms with Crippen molar-refractivity contribution >= 4 is 21.6 Å². The summed E-state index contributed by atoms with van der Waals surface area (Å²) in [7, 11) is -3.15. The number of aromatic nitrogens is 1. The highest BCUT2D eigenvalue weighted by atomic mass is 32.2. The quantitative estimate of drug-likeness (QED) is 0.934. The maximum Gasteiger partial charge on any atom is 0.175 e. The zero-order valence-corrected chi connectivity index (χ0v) is 12.0. The maximum atomic E-state index is 11.4. The number of hydrogen-bond donors (Lipinski definition) is 1. The van der Waals surface area contributed by atoms with Gasteiger partial charge in [0.15, 0.2) is 9.84 Å². The van der Waals surface area contributed by atoms with Crippen molar-refractivity contribution in [3.8, 4) is 0 Å². The van der Waals surface area contributed by atoms with Gasteiger partial charge in [0.1, 0.15) is 0 Å². The van der Waals surface area contributed by atoms with Gasteiger partial charge in [-0.15, -0.1) is 0 Å². The second-order valence-electron chi connectivity index (χ2n) is 4.03. The Kier molecular flexibility index (Phi) is 4.24. The highest BCUT2D eigenvalue weighted by molar-refractivity contribution is 7.99. The molecule has 2 rings (SSSR count). The van der Waals surface area contributed by atoms with Crippen LogP contribution in [-0.4, -0.2) is 19.7 Å². The fourth-order valence-electron chi connectivity index (χ4n) is 1.55. The van der Waals surface area contributed by atoms with Crippen LogP contribution >= 0.6 is 11.8 Å². The van der Waals surface area contributed by atoms with E-state index < -0.39 is 9.84 Å². The van der Waals surface area contributed by atoms with Crippen molar-refractivity contribution in [1.29, 1.82) is 0 Å². The van der Waals surface area contributed by atoms with Crippen LogP contribution in [0.3, 0.4) is 0 Å². The van der Waals surface area contributed by atoms with Crippen LogP contribution < -0.4 is 5.73 Å². The Labute approximate surface area is 117 Å². The first-order valence-corrected chi connectivity index (χ1v) is 8.32. The highest BCUT2D eigenvalue weighted by Crippen LogP contribution is 2.30. The molecule has 0 aliphatic rings. The van der Waals surface area contributed by atoms with Crippen LogP contribution in [0.2, 0.25) is 0 Å². The van der Waals surface area contributed by atoms with Gasteiger partial charge in [-0.3, -0.25) is 4.98 Å². The van der Waals surface area contributed by atoms with E-state index >= 15 is 0 Å². The normalized spacial score (nSPS) is 11.5. The monoisotopic (exact) mass is 294 g/mol. The molecule has 1 heterocycles. The van der Waals surface area contributed by atoms with Crippen molar-refractivity contribution in [1.82, 2.24) is 4.98 Å². The summed E-state index contributed by atoms with van der Waals surface area (Å²) in [6.45, 7) is 0.451. The van der Waals surface area contributed by atoms with Crippen LogP contribution in [0.15, 0.2) is 57.4 Å². The van der Waals surface area contributed by atoms with Crippen LogP contribution in [-0.2, 0) is 16.4 Å². The van der Waals surface area contributed by atoms with Gasteiger partial charge in [0.05, 0.1) is 4.90 Å². The molecule has 0 unspecified atom stereocenters. The molecule has 0 saturated carbocycles. The molecule has 0 aliphatic carbocycles. The third kappa shape index (κ3) is 3.56. The Hall–Kier alpha value is -1.37. The second-order valence-corrected chi connectivity index (χ2v) is 7.16. The smallest absolute Gasteiger partial charge is 0.175 e. The number of pyridine rings is 1. The third-order valence-corrected chi connectivity index (χ3v) is 4.79. The molecular formula is C13H14N2O2S2. The van der Waals surface area contributed by atoms with E-state index in [1.165, 1.54) is 18.0 Å². The van der Waals surface area contributed by atoms with Gasteiger partial charge in [-0.1, -0.05) is 11.8 Å². The summed E-state index contributed by atoms with van der Waals surface area (Å²) in [6, 6.07) is 8.67. The van der Waals surface area contributed by atoms with E-state index in [4.69, 9.17) is 5.73 Å². The van der Waals surface area contributed by atoms with Crippen molar-refractivity contribution in [3.63, 3.8) is 0 Å². The zero-order valence-electron chi connectivity index (χ0n) is 10.4. The molecule has 2 N–H and O–H groups in total. The van der Waals surface area contributed by atoms with Crippen molar-refractivity contribution in [3.05, 3.63) is 48.3 Å². The van der Waals surface area contributed by atoms with Crippen molar-refractivity contribution in [2.45, 2.75) is 21.2 Å². The fourth-order valence-corrected chi connectivity index (χ4v) is 3.10. The number of hydrogen-bond acceptors (Lipinski definition) is 5. The van der Waals surface area contributed by atoms with E-state index in [0.29, 0.717) is 11.4 Å². The van der Waals surface area contributed by atoms with Gasteiger partial charge in [-0.2, -0.15) is 0 Å². The van der Waals surface area contributed by atoms with Gasteiger partial charge < -0.3 is 5.73 Å². The average molecular weight is 294 g/mol. The van der Waals surface area contributed by atoms with E-state index in [0.717, 1.165) is 15.4 Å². The first kappa shape index (κ1) is 14.0. The number of nitrogens with zero attached hydrogens (tertiary/aromatic N) is 1. The molecule has 0 bridgehead atoms. The summed E-state index contributed by atoms with van der Waals surface area (Å²) < 4.78 is 22.7. The molecule has 0 amide bonds. The minimum atomic E-state index is -3.15. The zero-order chi connectivity index (χ0) is 13.9. The SMILES string of the molecule is CS(=O)(=O)c1ccc(Sc2cnccc2CN)cc1. The van der Waals surface area contributed by atoms with E-state index in [2.05, 4.69) is 4.98 Å². The lowest BCUT2D eigenvalue weighted by atomic mass is 10.3. The average Bonchev–Trinajstić information content (AvgIpc) is 2.39. The van der Waals surface area contributed by atoms with Gasteiger partial charge >= 0.3 is 0 Å². The minimum Gasteiger partial charge on any atom is -0.326 e. The molecule has 0 atom stereocenters. The topological polar surface area (TPSA) is 73.0 Å². The van der Waals surface area contributed by atoms with E-state index in [1.54, 1.807) is 36.7 Å². The van der Waals surface area contributed by atoms with Gasteiger partial charge in [-0.25, -0.2) is 8.42 Å². The van der Waals surface area contributed by atoms with E-state index in [1.807, 2.05) is 6.07 Å². The molecule has 0 saturated heterocycles. The predicted octanol–water partition coefficient (Wildman–Crippen LogP) is 2.10. The Morgan fingerprint density at radius 2 is 1.89 bits per heavy atom. The Balaban J connectivity index is 2.25. The van der Waals surface area contributed by atoms with Crippen LogP contribution in [0.1, 0.15) is 5.56 Å². The molecule has 6 heteroatoms. The largest absolute Gasteiger partial charge is 0.326 e. The van der Waals surface area contributed by atoms with Crippen molar-refractivity contribution in [2.24, 2.45) is 5.73 Å². The molecule has 100 valence electrons. The fraction of sp³-hybridized carbons (Fsp3) is 0.154. The van der Waals surface area contributed by atoms with Gasteiger partial charge in [0, 0.05) is 35.0 Å². The molecule has 1 aromatic heterocycles. The Morgan fingerprint density at radius 3 is 2.47 bits per heavy atom. The number of benzene rings is 1. The lowest BCUT2D eigenvalue weighted by molar-refractivity contribution is 0.602. The van der Waals surface area contributed by atoms with Crippen molar-refractivity contribution < 1.29 is 8.42 Å². The minimum absolute atomic E-state index is 0.321. The van der Waals surface area contributed by atoms with Crippen LogP contribution in [0, 0.1) is 0 Å². The summed E-state index contributed by atoms with van der Waals surface area (Å²) in [5.74, 6) is 0.